The Morgan fingerprint density at radius 1 is 1.08 bits per heavy atom. The van der Waals surface area contributed by atoms with Gasteiger partial charge in [-0.25, -0.2) is 0 Å². The summed E-state index contributed by atoms with van der Waals surface area (Å²) in [5.74, 6) is -1.44. The summed E-state index contributed by atoms with van der Waals surface area (Å²) in [5, 5.41) is 11.2. The van der Waals surface area contributed by atoms with Gasteiger partial charge in [-0.3, -0.25) is 9.59 Å². The Morgan fingerprint density at radius 2 is 1.73 bits per heavy atom. The Kier molecular flexibility index (Phi) is 5.96. The van der Waals surface area contributed by atoms with Crippen molar-refractivity contribution in [2.45, 2.75) is 12.8 Å². The molecule has 0 aliphatic heterocycles. The molecule has 2 aromatic rings. The number of ether oxygens (including phenoxy) is 1. The van der Waals surface area contributed by atoms with Crippen molar-refractivity contribution in [2.24, 2.45) is 0 Å². The maximum absolute atomic E-state index is 12.5. The molecule has 0 heterocycles. The van der Waals surface area contributed by atoms with Crippen LogP contribution in [0.2, 0.25) is 0 Å². The van der Waals surface area contributed by atoms with E-state index in [1.165, 1.54) is 0 Å². The van der Waals surface area contributed by atoms with Crippen molar-refractivity contribution in [1.29, 1.82) is 5.26 Å². The van der Waals surface area contributed by atoms with Crippen molar-refractivity contribution >= 4 is 11.9 Å². The molecule has 0 spiro atoms. The maximum Gasteiger partial charge on any atom is 0.416 e. The summed E-state index contributed by atoms with van der Waals surface area (Å²) in [4.78, 5) is 23.5. The van der Waals surface area contributed by atoms with Crippen molar-refractivity contribution in [2.75, 3.05) is 6.54 Å². The third-order valence-corrected chi connectivity index (χ3v) is 3.39. The van der Waals surface area contributed by atoms with E-state index >= 15 is 0 Å². The molecule has 0 unspecified atom stereocenters. The average Bonchev–Trinajstić information content (AvgIpc) is 2.64. The third kappa shape index (κ3) is 5.08. The number of nitriles is 1. The number of hydrogen-bond acceptors (Lipinski definition) is 4. The van der Waals surface area contributed by atoms with E-state index in [9.17, 15) is 22.8 Å². The lowest BCUT2D eigenvalue weighted by Gasteiger charge is -2.09. The summed E-state index contributed by atoms with van der Waals surface area (Å²) >= 11 is 0. The Morgan fingerprint density at radius 3 is 2.35 bits per heavy atom. The number of nitrogens with zero attached hydrogens (tertiary/aromatic N) is 1. The lowest BCUT2D eigenvalue weighted by atomic mass is 10.1. The Balaban J connectivity index is 1.85. The lowest BCUT2D eigenvalue weighted by molar-refractivity contribution is -0.143. The van der Waals surface area contributed by atoms with Crippen LogP contribution in [-0.2, 0) is 22.3 Å². The van der Waals surface area contributed by atoms with Gasteiger partial charge in [0.1, 0.15) is 13.2 Å². The summed E-state index contributed by atoms with van der Waals surface area (Å²) in [7, 11) is 0. The van der Waals surface area contributed by atoms with Crippen LogP contribution in [0.4, 0.5) is 13.2 Å². The topological polar surface area (TPSA) is 79.2 Å². The smallest absolute Gasteiger partial charge is 0.416 e. The molecule has 0 aliphatic carbocycles. The summed E-state index contributed by atoms with van der Waals surface area (Å²) in [6, 6.07) is 12.1. The molecule has 0 bridgehead atoms. The van der Waals surface area contributed by atoms with Gasteiger partial charge < -0.3 is 10.1 Å². The van der Waals surface area contributed by atoms with Crippen LogP contribution in [0, 0.1) is 11.3 Å². The van der Waals surface area contributed by atoms with E-state index < -0.39 is 30.2 Å². The molecule has 0 aliphatic rings. The number of benzene rings is 2. The fraction of sp³-hybridized carbons (Fsp3) is 0.167. The minimum atomic E-state index is -4.49. The van der Waals surface area contributed by atoms with E-state index in [4.69, 9.17) is 10.00 Å². The summed E-state index contributed by atoms with van der Waals surface area (Å²) in [6.07, 6.45) is -4.49. The molecule has 0 saturated heterocycles. The zero-order valence-electron chi connectivity index (χ0n) is 13.3. The Labute approximate surface area is 147 Å². The number of carbonyl (C=O) groups is 2. The highest BCUT2D eigenvalue weighted by atomic mass is 19.4. The van der Waals surface area contributed by atoms with E-state index in [0.717, 1.165) is 24.3 Å². The molecule has 2 aromatic carbocycles. The lowest BCUT2D eigenvalue weighted by Crippen LogP contribution is -2.30. The first-order chi connectivity index (χ1) is 12.3. The molecule has 0 fully saturated rings. The van der Waals surface area contributed by atoms with Gasteiger partial charge in [0.25, 0.3) is 5.91 Å². The number of carbonyl (C=O) groups excluding carboxylic acids is 2. The number of rotatable bonds is 5. The first-order valence-electron chi connectivity index (χ1n) is 7.40. The predicted molar refractivity (Wildman–Crippen MR) is 84.7 cm³/mol. The van der Waals surface area contributed by atoms with E-state index in [-0.39, 0.29) is 12.2 Å². The van der Waals surface area contributed by atoms with Gasteiger partial charge in [0, 0.05) is 11.1 Å². The quantitative estimate of drug-likeness (QED) is 0.829. The minimum absolute atomic E-state index is 0.0133. The fourth-order valence-corrected chi connectivity index (χ4v) is 2.03. The fourth-order valence-electron chi connectivity index (χ4n) is 2.03. The molecule has 5 nitrogen and oxygen atoms in total. The summed E-state index contributed by atoms with van der Waals surface area (Å²) in [6.45, 7) is -0.576. The van der Waals surface area contributed by atoms with Crippen molar-refractivity contribution < 1.29 is 27.5 Å². The van der Waals surface area contributed by atoms with Crippen molar-refractivity contribution in [3.63, 3.8) is 0 Å². The number of alkyl halides is 3. The van der Waals surface area contributed by atoms with Gasteiger partial charge >= 0.3 is 12.1 Å². The zero-order valence-corrected chi connectivity index (χ0v) is 13.3. The van der Waals surface area contributed by atoms with Crippen LogP contribution < -0.4 is 5.32 Å². The van der Waals surface area contributed by atoms with Gasteiger partial charge in [0.2, 0.25) is 0 Å². The van der Waals surface area contributed by atoms with Crippen LogP contribution >= 0.6 is 0 Å². The Bertz CT molecular complexity index is 840. The Hall–Kier alpha value is -3.34. The standard InChI is InChI=1S/C18H13F3N2O3/c19-18(20,21)15-7-5-12(6-8-15)17(25)23-10-16(24)26-11-14-4-2-1-3-13(14)9-22/h1-8H,10-11H2,(H,23,25). The number of nitrogens with one attached hydrogen (secondary N) is 1. The second-order valence-electron chi connectivity index (χ2n) is 5.19. The van der Waals surface area contributed by atoms with Crippen LogP contribution in [0.3, 0.4) is 0 Å². The van der Waals surface area contributed by atoms with Gasteiger partial charge in [-0.15, -0.1) is 0 Å². The molecule has 26 heavy (non-hydrogen) atoms. The highest BCUT2D eigenvalue weighted by molar-refractivity contribution is 5.95. The van der Waals surface area contributed by atoms with Crippen molar-refractivity contribution in [1.82, 2.24) is 5.32 Å². The predicted octanol–water partition coefficient (Wildman–Crippen LogP) is 3.05. The van der Waals surface area contributed by atoms with Gasteiger partial charge in [-0.2, -0.15) is 18.4 Å². The van der Waals surface area contributed by atoms with Gasteiger partial charge in [0.05, 0.1) is 17.2 Å². The van der Waals surface area contributed by atoms with E-state index in [1.54, 1.807) is 24.3 Å². The molecule has 2 rings (SSSR count). The number of amides is 1. The number of esters is 1. The zero-order chi connectivity index (χ0) is 19.2. The molecule has 8 heteroatoms. The van der Waals surface area contributed by atoms with Crippen LogP contribution in [-0.4, -0.2) is 18.4 Å². The van der Waals surface area contributed by atoms with E-state index in [2.05, 4.69) is 5.32 Å². The summed E-state index contributed by atoms with van der Waals surface area (Å²) in [5.41, 5.74) is 0.0109. The molecule has 134 valence electrons. The first-order valence-corrected chi connectivity index (χ1v) is 7.40. The minimum Gasteiger partial charge on any atom is -0.459 e. The second kappa shape index (κ2) is 8.16. The van der Waals surface area contributed by atoms with Crippen LogP contribution in [0.15, 0.2) is 48.5 Å². The number of hydrogen-bond donors (Lipinski definition) is 1. The SMILES string of the molecule is N#Cc1ccccc1COC(=O)CNC(=O)c1ccc(C(F)(F)F)cc1. The van der Waals surface area contributed by atoms with E-state index in [1.807, 2.05) is 6.07 Å². The van der Waals surface area contributed by atoms with Crippen LogP contribution in [0.5, 0.6) is 0 Å². The molecule has 1 amide bonds. The summed E-state index contributed by atoms with van der Waals surface area (Å²) < 4.78 is 42.4. The largest absolute Gasteiger partial charge is 0.459 e. The van der Waals surface area contributed by atoms with Crippen LogP contribution in [0.25, 0.3) is 0 Å². The van der Waals surface area contributed by atoms with Gasteiger partial charge in [0.15, 0.2) is 0 Å². The van der Waals surface area contributed by atoms with Gasteiger partial charge in [-0.05, 0) is 30.3 Å². The highest BCUT2D eigenvalue weighted by Gasteiger charge is 2.30. The van der Waals surface area contributed by atoms with E-state index in [0.29, 0.717) is 11.1 Å². The highest BCUT2D eigenvalue weighted by Crippen LogP contribution is 2.29. The monoisotopic (exact) mass is 362 g/mol. The second-order valence-corrected chi connectivity index (χ2v) is 5.19. The number of halogens is 3. The molecular weight excluding hydrogens is 349 g/mol. The molecule has 0 atom stereocenters. The van der Waals surface area contributed by atoms with Crippen molar-refractivity contribution in [3.8, 4) is 6.07 Å². The molecular formula is C18H13F3N2O3. The first kappa shape index (κ1) is 19.0. The van der Waals surface area contributed by atoms with Crippen LogP contribution in [0.1, 0.15) is 27.0 Å². The maximum atomic E-state index is 12.5. The molecule has 1 N–H and O–H groups in total. The normalized spacial score (nSPS) is 10.7. The molecule has 0 aromatic heterocycles. The van der Waals surface area contributed by atoms with Crippen molar-refractivity contribution in [3.05, 3.63) is 70.8 Å². The third-order valence-electron chi connectivity index (χ3n) is 3.39. The average molecular weight is 362 g/mol. The van der Waals surface area contributed by atoms with Gasteiger partial charge in [-0.1, -0.05) is 18.2 Å². The molecule has 0 radical (unpaired) electrons. The molecule has 0 saturated carbocycles.